The lowest BCUT2D eigenvalue weighted by molar-refractivity contribution is -0.139. The number of nitrogens with one attached hydrogen (secondary N) is 1. The van der Waals surface area contributed by atoms with Gasteiger partial charge in [0.1, 0.15) is 6.04 Å². The number of amides is 2. The van der Waals surface area contributed by atoms with E-state index < -0.39 is 17.9 Å². The molecule has 2 aliphatic heterocycles. The van der Waals surface area contributed by atoms with E-state index >= 15 is 0 Å². The Morgan fingerprint density at radius 3 is 2.55 bits per heavy atom. The lowest BCUT2D eigenvalue weighted by Crippen LogP contribution is -2.44. The van der Waals surface area contributed by atoms with Crippen molar-refractivity contribution in [3.8, 4) is 0 Å². The normalized spacial score (nSPS) is 20.9. The van der Waals surface area contributed by atoms with Crippen molar-refractivity contribution in [3.63, 3.8) is 0 Å². The molecule has 166 valence electrons. The minimum Gasteiger partial charge on any atom is -0.480 e. The number of imide groups is 1. The molecule has 4 rings (SSSR count). The number of carboxylic acids is 1. The third-order valence-electron chi connectivity index (χ3n) is 6.58. The van der Waals surface area contributed by atoms with Crippen LogP contribution < -0.4 is 11.0 Å². The number of carbonyl (C=O) groups excluding carboxylic acids is 2. The van der Waals surface area contributed by atoms with Gasteiger partial charge in [0.15, 0.2) is 0 Å². The van der Waals surface area contributed by atoms with E-state index in [0.29, 0.717) is 17.9 Å². The van der Waals surface area contributed by atoms with E-state index in [-0.39, 0.29) is 24.6 Å². The van der Waals surface area contributed by atoms with Crippen LogP contribution in [0.1, 0.15) is 43.7 Å². The van der Waals surface area contributed by atoms with Gasteiger partial charge in [0.2, 0.25) is 11.8 Å². The van der Waals surface area contributed by atoms with Crippen LogP contribution in [0.15, 0.2) is 23.0 Å². The van der Waals surface area contributed by atoms with Crippen LogP contribution in [0.2, 0.25) is 0 Å². The van der Waals surface area contributed by atoms with Gasteiger partial charge < -0.3 is 5.11 Å². The fraction of sp³-hybridized carbons (Fsp3) is 0.545. The van der Waals surface area contributed by atoms with E-state index in [2.05, 4.69) is 5.32 Å². The number of rotatable bonds is 6. The number of fused-ring (bicyclic) bond motifs is 1. The van der Waals surface area contributed by atoms with Gasteiger partial charge in [0, 0.05) is 13.5 Å². The van der Waals surface area contributed by atoms with Crippen molar-refractivity contribution < 1.29 is 19.5 Å². The van der Waals surface area contributed by atoms with Gasteiger partial charge in [-0.2, -0.15) is 0 Å². The summed E-state index contributed by atoms with van der Waals surface area (Å²) >= 11 is 0. The quantitative estimate of drug-likeness (QED) is 0.665. The van der Waals surface area contributed by atoms with Gasteiger partial charge in [0.05, 0.1) is 17.6 Å². The smallest absolute Gasteiger partial charge is 0.329 e. The Kier molecular flexibility index (Phi) is 5.95. The van der Waals surface area contributed by atoms with Gasteiger partial charge in [0.25, 0.3) is 0 Å². The second kappa shape index (κ2) is 8.66. The zero-order valence-electron chi connectivity index (χ0n) is 17.7. The third-order valence-corrected chi connectivity index (χ3v) is 6.58. The molecule has 1 aromatic carbocycles. The first kappa shape index (κ1) is 21.3. The van der Waals surface area contributed by atoms with E-state index in [1.807, 2.05) is 23.1 Å². The average molecular weight is 428 g/mol. The molecule has 1 aromatic heterocycles. The molecule has 2 aliphatic rings. The maximum atomic E-state index is 12.9. The zero-order valence-corrected chi connectivity index (χ0v) is 17.7. The van der Waals surface area contributed by atoms with Crippen LogP contribution in [-0.2, 0) is 27.9 Å². The molecule has 2 fully saturated rings. The summed E-state index contributed by atoms with van der Waals surface area (Å²) in [5.41, 5.74) is 2.36. The predicted octanol–water partition coefficient (Wildman–Crippen LogP) is 1.05. The molecule has 2 aromatic rings. The topological polar surface area (TPSA) is 114 Å². The number of hydrogen-bond donors (Lipinski definition) is 2. The zero-order chi connectivity index (χ0) is 22.1. The van der Waals surface area contributed by atoms with Crippen molar-refractivity contribution in [1.82, 2.24) is 19.4 Å². The third kappa shape index (κ3) is 4.41. The lowest BCUT2D eigenvalue weighted by atomic mass is 9.90. The fourth-order valence-corrected chi connectivity index (χ4v) is 4.79. The van der Waals surface area contributed by atoms with E-state index in [9.17, 15) is 19.2 Å². The molecule has 2 saturated heterocycles. The van der Waals surface area contributed by atoms with Crippen molar-refractivity contribution in [2.45, 2.75) is 44.6 Å². The summed E-state index contributed by atoms with van der Waals surface area (Å²) in [6.45, 7) is 1.75. The van der Waals surface area contributed by atoms with Crippen LogP contribution in [0, 0.1) is 5.92 Å². The highest BCUT2D eigenvalue weighted by molar-refractivity contribution is 6.00. The molecule has 2 N–H and O–H groups in total. The molecular weight excluding hydrogens is 400 g/mol. The van der Waals surface area contributed by atoms with Gasteiger partial charge in [-0.25, -0.2) is 4.79 Å². The fourth-order valence-electron chi connectivity index (χ4n) is 4.79. The summed E-state index contributed by atoms with van der Waals surface area (Å²) < 4.78 is 3.06. The second-order valence-electron chi connectivity index (χ2n) is 8.65. The summed E-state index contributed by atoms with van der Waals surface area (Å²) in [7, 11) is 1.70. The molecule has 0 saturated carbocycles. The molecule has 2 amide bonds. The largest absolute Gasteiger partial charge is 0.480 e. The Morgan fingerprint density at radius 2 is 1.87 bits per heavy atom. The molecule has 9 nitrogen and oxygen atoms in total. The van der Waals surface area contributed by atoms with Crippen LogP contribution in [-0.4, -0.2) is 56.6 Å². The van der Waals surface area contributed by atoms with E-state index in [4.69, 9.17) is 5.11 Å². The number of carboxylic acid groups (broad SMARTS) is 1. The van der Waals surface area contributed by atoms with Gasteiger partial charge in [-0.15, -0.1) is 0 Å². The molecule has 0 radical (unpaired) electrons. The summed E-state index contributed by atoms with van der Waals surface area (Å²) in [5, 5.41) is 11.2. The number of aliphatic carboxylic acids is 1. The van der Waals surface area contributed by atoms with Crippen LogP contribution in [0.3, 0.4) is 0 Å². The molecule has 1 unspecified atom stereocenters. The molecule has 9 heteroatoms. The van der Waals surface area contributed by atoms with Crippen molar-refractivity contribution >= 4 is 28.8 Å². The number of likely N-dealkylation sites (tertiary alicyclic amines) is 1. The van der Waals surface area contributed by atoms with Gasteiger partial charge in [-0.05, 0) is 68.8 Å². The highest BCUT2D eigenvalue weighted by Crippen LogP contribution is 2.26. The van der Waals surface area contributed by atoms with Crippen LogP contribution >= 0.6 is 0 Å². The standard InChI is InChI=1S/C22H28N4O5/c1-24-18-12-15(3-2-14-8-10-25(11-9-14)13-20(28)29)4-5-16(18)26(22(24)31)17-6-7-19(27)23-21(17)30/h4-5,12,14,17H,2-3,6-11,13H2,1H3,(H,28,29)(H,23,27,30). The molecule has 31 heavy (non-hydrogen) atoms. The molecular formula is C22H28N4O5. The Morgan fingerprint density at radius 1 is 1.13 bits per heavy atom. The van der Waals surface area contributed by atoms with Crippen LogP contribution in [0.4, 0.5) is 0 Å². The van der Waals surface area contributed by atoms with Crippen molar-refractivity contribution in [1.29, 1.82) is 0 Å². The minimum atomic E-state index is -0.776. The molecule has 0 aliphatic carbocycles. The highest BCUT2D eigenvalue weighted by atomic mass is 16.4. The number of nitrogens with zero attached hydrogens (tertiary/aromatic N) is 3. The van der Waals surface area contributed by atoms with E-state index in [0.717, 1.165) is 49.9 Å². The Labute approximate surface area is 179 Å². The summed E-state index contributed by atoms with van der Waals surface area (Å²) in [6.07, 6.45) is 4.46. The maximum absolute atomic E-state index is 12.9. The number of carbonyl (C=O) groups is 3. The van der Waals surface area contributed by atoms with E-state index in [1.54, 1.807) is 11.6 Å². The maximum Gasteiger partial charge on any atom is 0.329 e. The number of aryl methyl sites for hydroxylation is 2. The molecule has 0 spiro atoms. The Hall–Kier alpha value is -2.94. The SMILES string of the molecule is Cn1c(=O)n(C2CCC(=O)NC2=O)c2ccc(CCC3CCN(CC(=O)O)CC3)cc21. The van der Waals surface area contributed by atoms with Gasteiger partial charge in [-0.3, -0.25) is 33.7 Å². The first-order valence-electron chi connectivity index (χ1n) is 10.8. The summed E-state index contributed by atoms with van der Waals surface area (Å²) in [5.74, 6) is -0.936. The first-order valence-corrected chi connectivity index (χ1v) is 10.8. The van der Waals surface area contributed by atoms with Gasteiger partial charge >= 0.3 is 11.7 Å². The molecule has 0 bridgehead atoms. The van der Waals surface area contributed by atoms with Crippen LogP contribution in [0.5, 0.6) is 0 Å². The number of imidazole rings is 1. The number of hydrogen-bond acceptors (Lipinski definition) is 5. The number of piperidine rings is 2. The Balaban J connectivity index is 1.46. The van der Waals surface area contributed by atoms with Crippen molar-refractivity contribution in [3.05, 3.63) is 34.2 Å². The minimum absolute atomic E-state index is 0.113. The molecule has 3 heterocycles. The second-order valence-corrected chi connectivity index (χ2v) is 8.65. The average Bonchev–Trinajstić information content (AvgIpc) is 2.97. The van der Waals surface area contributed by atoms with Crippen LogP contribution in [0.25, 0.3) is 11.0 Å². The van der Waals surface area contributed by atoms with Crippen molar-refractivity contribution in [2.24, 2.45) is 13.0 Å². The van der Waals surface area contributed by atoms with Crippen molar-refractivity contribution in [2.75, 3.05) is 19.6 Å². The van der Waals surface area contributed by atoms with E-state index in [1.165, 1.54) is 4.57 Å². The molecule has 1 atom stereocenters. The lowest BCUT2D eigenvalue weighted by Gasteiger charge is -2.30. The number of benzene rings is 1. The number of aromatic nitrogens is 2. The monoisotopic (exact) mass is 428 g/mol. The highest BCUT2D eigenvalue weighted by Gasteiger charge is 2.31. The predicted molar refractivity (Wildman–Crippen MR) is 114 cm³/mol. The summed E-state index contributed by atoms with van der Waals surface area (Å²) in [6, 6.07) is 5.24. The Bertz CT molecular complexity index is 1080. The van der Waals surface area contributed by atoms with Gasteiger partial charge in [-0.1, -0.05) is 6.07 Å². The summed E-state index contributed by atoms with van der Waals surface area (Å²) in [4.78, 5) is 49.4. The first-order chi connectivity index (χ1) is 14.8.